The minimum atomic E-state index is -0.171. The third kappa shape index (κ3) is 4.78. The maximum absolute atomic E-state index is 12.2. The summed E-state index contributed by atoms with van der Waals surface area (Å²) in [6, 6.07) is 14.4. The van der Waals surface area contributed by atoms with E-state index < -0.39 is 0 Å². The van der Waals surface area contributed by atoms with Crippen molar-refractivity contribution in [2.75, 3.05) is 6.61 Å². The summed E-state index contributed by atoms with van der Waals surface area (Å²) in [5, 5.41) is 0. The van der Waals surface area contributed by atoms with E-state index in [2.05, 4.69) is 6.92 Å². The van der Waals surface area contributed by atoms with Gasteiger partial charge in [0.25, 0.3) is 0 Å². The van der Waals surface area contributed by atoms with E-state index in [1.165, 1.54) is 5.56 Å². The Morgan fingerprint density at radius 1 is 0.826 bits per heavy atom. The zero-order valence-electron chi connectivity index (χ0n) is 13.7. The van der Waals surface area contributed by atoms with Crippen molar-refractivity contribution in [2.24, 2.45) is 0 Å². The average Bonchev–Trinajstić information content (AvgIpc) is 2.56. The molecule has 120 valence electrons. The fourth-order valence-corrected chi connectivity index (χ4v) is 2.40. The first-order chi connectivity index (χ1) is 11.1. The molecular formula is C20H22O3. The van der Waals surface area contributed by atoms with E-state index in [0.717, 1.165) is 18.6 Å². The highest BCUT2D eigenvalue weighted by molar-refractivity contribution is 6.13. The van der Waals surface area contributed by atoms with Crippen molar-refractivity contribution in [3.8, 4) is 5.75 Å². The van der Waals surface area contributed by atoms with Crippen LogP contribution in [0.2, 0.25) is 0 Å². The minimum Gasteiger partial charge on any atom is -0.494 e. The van der Waals surface area contributed by atoms with Crippen molar-refractivity contribution >= 4 is 11.6 Å². The Morgan fingerprint density at radius 3 is 1.83 bits per heavy atom. The fourth-order valence-electron chi connectivity index (χ4n) is 2.40. The van der Waals surface area contributed by atoms with Gasteiger partial charge in [0.2, 0.25) is 0 Å². The van der Waals surface area contributed by atoms with Crippen LogP contribution in [0.15, 0.2) is 48.5 Å². The van der Waals surface area contributed by atoms with Crippen LogP contribution in [0.25, 0.3) is 0 Å². The van der Waals surface area contributed by atoms with Crippen LogP contribution in [-0.2, 0) is 6.42 Å². The molecule has 2 rings (SSSR count). The second kappa shape index (κ2) is 8.28. The number of carbonyl (C=O) groups is 2. The van der Waals surface area contributed by atoms with Crippen LogP contribution in [0.5, 0.6) is 5.75 Å². The van der Waals surface area contributed by atoms with Crippen LogP contribution in [0.4, 0.5) is 0 Å². The maximum Gasteiger partial charge on any atom is 0.170 e. The molecule has 0 atom stereocenters. The Balaban J connectivity index is 1.99. The molecule has 0 aliphatic heterocycles. The smallest absolute Gasteiger partial charge is 0.170 e. The van der Waals surface area contributed by atoms with Crippen LogP contribution in [0.3, 0.4) is 0 Å². The van der Waals surface area contributed by atoms with Gasteiger partial charge in [0.15, 0.2) is 11.6 Å². The number of aryl methyl sites for hydroxylation is 1. The lowest BCUT2D eigenvalue weighted by atomic mass is 10.00. The molecule has 0 fully saturated rings. The van der Waals surface area contributed by atoms with Crippen molar-refractivity contribution in [1.29, 1.82) is 0 Å². The van der Waals surface area contributed by atoms with E-state index in [-0.39, 0.29) is 18.0 Å². The van der Waals surface area contributed by atoms with Gasteiger partial charge in [0.1, 0.15) is 5.75 Å². The molecule has 0 aliphatic rings. The van der Waals surface area contributed by atoms with Gasteiger partial charge in [-0.25, -0.2) is 0 Å². The van der Waals surface area contributed by atoms with Crippen LogP contribution in [-0.4, -0.2) is 18.2 Å². The van der Waals surface area contributed by atoms with Crippen molar-refractivity contribution in [2.45, 2.75) is 33.1 Å². The largest absolute Gasteiger partial charge is 0.494 e. The summed E-state index contributed by atoms with van der Waals surface area (Å²) >= 11 is 0. The number of Topliss-reactive ketones (excluding diaryl/α,β-unsaturated/α-hetero) is 2. The second-order valence-electron chi connectivity index (χ2n) is 5.43. The van der Waals surface area contributed by atoms with Crippen molar-refractivity contribution < 1.29 is 14.3 Å². The zero-order chi connectivity index (χ0) is 16.7. The first-order valence-electron chi connectivity index (χ1n) is 8.02. The number of ether oxygens (including phenoxy) is 1. The van der Waals surface area contributed by atoms with E-state index in [0.29, 0.717) is 17.7 Å². The number of ketones is 2. The maximum atomic E-state index is 12.2. The Hall–Kier alpha value is -2.42. The summed E-state index contributed by atoms with van der Waals surface area (Å²) in [5.41, 5.74) is 2.33. The van der Waals surface area contributed by atoms with Gasteiger partial charge in [-0.15, -0.1) is 0 Å². The zero-order valence-corrected chi connectivity index (χ0v) is 13.7. The van der Waals surface area contributed by atoms with Gasteiger partial charge >= 0.3 is 0 Å². The molecule has 0 amide bonds. The second-order valence-corrected chi connectivity index (χ2v) is 5.43. The molecule has 0 saturated heterocycles. The molecule has 0 heterocycles. The highest BCUT2D eigenvalue weighted by atomic mass is 16.5. The number of benzene rings is 2. The number of carbonyl (C=O) groups excluding carboxylic acids is 2. The molecule has 3 nitrogen and oxygen atoms in total. The highest BCUT2D eigenvalue weighted by Gasteiger charge is 2.13. The molecular weight excluding hydrogens is 288 g/mol. The summed E-state index contributed by atoms with van der Waals surface area (Å²) in [7, 11) is 0. The lowest BCUT2D eigenvalue weighted by Gasteiger charge is -2.05. The first kappa shape index (κ1) is 16.9. The molecule has 0 radical (unpaired) electrons. The van der Waals surface area contributed by atoms with Gasteiger partial charge < -0.3 is 4.74 Å². The summed E-state index contributed by atoms with van der Waals surface area (Å²) in [4.78, 5) is 24.4. The van der Waals surface area contributed by atoms with Gasteiger partial charge in [-0.1, -0.05) is 37.6 Å². The van der Waals surface area contributed by atoms with Crippen LogP contribution in [0.1, 0.15) is 53.0 Å². The van der Waals surface area contributed by atoms with Gasteiger partial charge in [0, 0.05) is 11.1 Å². The SMILES string of the molecule is CCCc1ccc(C(=O)CC(=O)c2ccc(OCC)cc2)cc1. The summed E-state index contributed by atoms with van der Waals surface area (Å²) in [5.74, 6) is 0.407. The van der Waals surface area contributed by atoms with Crippen LogP contribution < -0.4 is 4.74 Å². The van der Waals surface area contributed by atoms with Crippen molar-refractivity contribution in [3.05, 3.63) is 65.2 Å². The van der Waals surface area contributed by atoms with Gasteiger partial charge in [-0.05, 0) is 43.2 Å². The normalized spacial score (nSPS) is 10.3. The predicted octanol–water partition coefficient (Wildman–Crippen LogP) is 4.49. The molecule has 0 bridgehead atoms. The van der Waals surface area contributed by atoms with E-state index >= 15 is 0 Å². The fraction of sp³-hybridized carbons (Fsp3) is 0.300. The number of rotatable bonds is 8. The summed E-state index contributed by atoms with van der Waals surface area (Å²) < 4.78 is 5.34. The molecule has 23 heavy (non-hydrogen) atoms. The van der Waals surface area contributed by atoms with Gasteiger partial charge in [-0.3, -0.25) is 9.59 Å². The molecule has 0 unspecified atom stereocenters. The minimum absolute atomic E-state index is 0.110. The average molecular weight is 310 g/mol. The molecule has 3 heteroatoms. The van der Waals surface area contributed by atoms with Crippen molar-refractivity contribution in [3.63, 3.8) is 0 Å². The van der Waals surface area contributed by atoms with E-state index in [9.17, 15) is 9.59 Å². The topological polar surface area (TPSA) is 43.4 Å². The molecule has 0 spiro atoms. The van der Waals surface area contributed by atoms with Crippen molar-refractivity contribution in [1.82, 2.24) is 0 Å². The monoisotopic (exact) mass is 310 g/mol. The standard InChI is InChI=1S/C20H22O3/c1-3-5-15-6-8-16(9-7-15)19(21)14-20(22)17-10-12-18(13-11-17)23-4-2/h6-13H,3-5,14H2,1-2H3. The Kier molecular flexibility index (Phi) is 6.10. The first-order valence-corrected chi connectivity index (χ1v) is 8.02. The van der Waals surface area contributed by atoms with Gasteiger partial charge in [-0.2, -0.15) is 0 Å². The third-order valence-corrected chi connectivity index (χ3v) is 3.62. The quantitative estimate of drug-likeness (QED) is 0.533. The molecule has 2 aromatic rings. The van der Waals surface area contributed by atoms with Crippen LogP contribution >= 0.6 is 0 Å². The molecule has 2 aromatic carbocycles. The Morgan fingerprint density at radius 2 is 1.35 bits per heavy atom. The molecule has 0 saturated carbocycles. The van der Waals surface area contributed by atoms with E-state index in [1.54, 1.807) is 36.4 Å². The highest BCUT2D eigenvalue weighted by Crippen LogP contribution is 2.15. The van der Waals surface area contributed by atoms with E-state index in [4.69, 9.17) is 4.74 Å². The predicted molar refractivity (Wildman–Crippen MR) is 91.3 cm³/mol. The number of hydrogen-bond donors (Lipinski definition) is 0. The molecule has 0 N–H and O–H groups in total. The summed E-state index contributed by atoms with van der Waals surface area (Å²) in [6.07, 6.45) is 1.96. The summed E-state index contributed by atoms with van der Waals surface area (Å²) in [6.45, 7) is 4.61. The van der Waals surface area contributed by atoms with Gasteiger partial charge in [0.05, 0.1) is 13.0 Å². The molecule has 0 aromatic heterocycles. The lowest BCUT2D eigenvalue weighted by Crippen LogP contribution is -2.08. The Bertz CT molecular complexity index is 595. The third-order valence-electron chi connectivity index (χ3n) is 3.62. The molecule has 0 aliphatic carbocycles. The lowest BCUT2D eigenvalue weighted by molar-refractivity contribution is 0.0894. The van der Waals surface area contributed by atoms with E-state index in [1.807, 2.05) is 19.1 Å². The Labute approximate surface area is 137 Å². The number of hydrogen-bond acceptors (Lipinski definition) is 3. The van der Waals surface area contributed by atoms with Crippen LogP contribution in [0, 0.1) is 0 Å².